The van der Waals surface area contributed by atoms with E-state index < -0.39 is 0 Å². The second-order valence-electron chi connectivity index (χ2n) is 6.29. The molecule has 0 bridgehead atoms. The van der Waals surface area contributed by atoms with Crippen molar-refractivity contribution in [2.24, 2.45) is 0 Å². The number of anilines is 1. The molecule has 0 fully saturated rings. The maximum Gasteiger partial charge on any atom is 0.274 e. The van der Waals surface area contributed by atoms with E-state index in [0.29, 0.717) is 28.5 Å². The maximum absolute atomic E-state index is 12.8. The number of amides is 1. The Hall–Kier alpha value is -3.39. The summed E-state index contributed by atoms with van der Waals surface area (Å²) in [5, 5.41) is 9.54. The number of rotatable bonds is 4. The highest BCUT2D eigenvalue weighted by Crippen LogP contribution is 2.34. The minimum absolute atomic E-state index is 0.193. The van der Waals surface area contributed by atoms with Gasteiger partial charge in [0.15, 0.2) is 17.1 Å². The second kappa shape index (κ2) is 6.65. The third-order valence-electron chi connectivity index (χ3n) is 4.50. The number of carbonyl (C=O) groups excluding carboxylic acids is 1. The summed E-state index contributed by atoms with van der Waals surface area (Å²) >= 11 is 1.62. The summed E-state index contributed by atoms with van der Waals surface area (Å²) in [6.45, 7) is 2.22. The number of nitrogens with one attached hydrogen (secondary N) is 1. The number of benzene rings is 1. The Bertz CT molecular complexity index is 1180. The molecule has 1 N–H and O–H groups in total. The molecule has 7 nitrogen and oxygen atoms in total. The minimum Gasteiger partial charge on any atom is -0.454 e. The largest absolute Gasteiger partial charge is 0.454 e. The van der Waals surface area contributed by atoms with E-state index in [0.717, 1.165) is 22.7 Å². The first-order valence-corrected chi connectivity index (χ1v) is 9.74. The first kappa shape index (κ1) is 16.8. The van der Waals surface area contributed by atoms with Crippen LogP contribution in [-0.2, 0) is 6.42 Å². The van der Waals surface area contributed by atoms with Crippen LogP contribution in [0.15, 0.2) is 47.8 Å². The topological polar surface area (TPSA) is 77.8 Å². The number of nitrogens with zero attached hydrogens (tertiary/aromatic N) is 3. The number of hydrogen-bond acceptors (Lipinski definition) is 6. The van der Waals surface area contributed by atoms with Crippen molar-refractivity contribution in [2.45, 2.75) is 13.3 Å². The molecule has 0 aliphatic carbocycles. The van der Waals surface area contributed by atoms with Crippen LogP contribution in [0.25, 0.3) is 16.2 Å². The summed E-state index contributed by atoms with van der Waals surface area (Å²) in [5.41, 5.74) is 3.40. The molecule has 4 heterocycles. The lowest BCUT2D eigenvalue weighted by Crippen LogP contribution is -2.15. The predicted octanol–water partition coefficient (Wildman–Crippen LogP) is 4.00. The standard InChI is InChI=1S/C20H16N4O3S/c1-2-13-9-15(20(25)21-12-5-6-16-17(8-12)27-11-26-16)22-19-10-14(23-24(13)19)18-4-3-7-28-18/h3-10H,2,11H2,1H3,(H,21,25). The molecule has 0 spiro atoms. The van der Waals surface area contributed by atoms with Crippen LogP contribution in [0.4, 0.5) is 5.69 Å². The summed E-state index contributed by atoms with van der Waals surface area (Å²) in [6.07, 6.45) is 0.731. The molecule has 0 unspecified atom stereocenters. The molecule has 1 amide bonds. The van der Waals surface area contributed by atoms with Gasteiger partial charge in [-0.1, -0.05) is 13.0 Å². The van der Waals surface area contributed by atoms with Gasteiger partial charge in [0.05, 0.1) is 4.88 Å². The summed E-state index contributed by atoms with van der Waals surface area (Å²) < 4.78 is 12.5. The van der Waals surface area contributed by atoms with Crippen LogP contribution in [0, 0.1) is 0 Å². The van der Waals surface area contributed by atoms with Crippen LogP contribution in [0.2, 0.25) is 0 Å². The summed E-state index contributed by atoms with van der Waals surface area (Å²) in [7, 11) is 0. The molecule has 8 heteroatoms. The Morgan fingerprint density at radius 2 is 2.11 bits per heavy atom. The molecular weight excluding hydrogens is 376 g/mol. The van der Waals surface area contributed by atoms with E-state index in [1.807, 2.05) is 30.5 Å². The van der Waals surface area contributed by atoms with Crippen molar-refractivity contribution in [3.05, 3.63) is 59.2 Å². The quantitative estimate of drug-likeness (QED) is 0.568. The van der Waals surface area contributed by atoms with E-state index in [1.165, 1.54) is 0 Å². The third-order valence-corrected chi connectivity index (χ3v) is 5.39. The first-order chi connectivity index (χ1) is 13.7. The van der Waals surface area contributed by atoms with Gasteiger partial charge < -0.3 is 14.8 Å². The Morgan fingerprint density at radius 3 is 2.93 bits per heavy atom. The Kier molecular flexibility index (Phi) is 3.98. The Labute approximate surface area is 164 Å². The second-order valence-corrected chi connectivity index (χ2v) is 7.23. The van der Waals surface area contributed by atoms with Crippen molar-refractivity contribution >= 4 is 28.6 Å². The fraction of sp³-hybridized carbons (Fsp3) is 0.150. The fourth-order valence-electron chi connectivity index (χ4n) is 3.12. The van der Waals surface area contributed by atoms with Gasteiger partial charge in [-0.05, 0) is 36.1 Å². The normalized spacial score (nSPS) is 12.5. The van der Waals surface area contributed by atoms with Crippen LogP contribution < -0.4 is 14.8 Å². The molecule has 4 aromatic rings. The average Bonchev–Trinajstić information content (AvgIpc) is 3.45. The van der Waals surface area contributed by atoms with Gasteiger partial charge in [-0.2, -0.15) is 5.10 Å². The SMILES string of the molecule is CCc1cc(C(=O)Nc2ccc3c(c2)OCO3)nc2cc(-c3cccs3)nn12. The molecule has 1 aromatic carbocycles. The molecule has 0 radical (unpaired) electrons. The highest BCUT2D eigenvalue weighted by Gasteiger charge is 2.17. The van der Waals surface area contributed by atoms with Crippen LogP contribution in [-0.4, -0.2) is 27.3 Å². The van der Waals surface area contributed by atoms with Crippen LogP contribution in [0.5, 0.6) is 11.5 Å². The van der Waals surface area contributed by atoms with Crippen molar-refractivity contribution in [1.82, 2.24) is 14.6 Å². The Balaban J connectivity index is 1.48. The Morgan fingerprint density at radius 1 is 1.21 bits per heavy atom. The average molecular weight is 392 g/mol. The predicted molar refractivity (Wildman–Crippen MR) is 106 cm³/mol. The van der Waals surface area contributed by atoms with Gasteiger partial charge in [-0.3, -0.25) is 4.79 Å². The van der Waals surface area contributed by atoms with E-state index >= 15 is 0 Å². The number of ether oxygens (including phenoxy) is 2. The lowest BCUT2D eigenvalue weighted by Gasteiger charge is -2.08. The molecule has 140 valence electrons. The zero-order chi connectivity index (χ0) is 19.1. The van der Waals surface area contributed by atoms with Gasteiger partial charge in [0.25, 0.3) is 5.91 Å². The monoisotopic (exact) mass is 392 g/mol. The van der Waals surface area contributed by atoms with E-state index in [9.17, 15) is 4.79 Å². The fourth-order valence-corrected chi connectivity index (χ4v) is 3.80. The van der Waals surface area contributed by atoms with E-state index in [4.69, 9.17) is 9.47 Å². The van der Waals surface area contributed by atoms with Crippen molar-refractivity contribution in [3.8, 4) is 22.1 Å². The van der Waals surface area contributed by atoms with Gasteiger partial charge in [0.2, 0.25) is 6.79 Å². The van der Waals surface area contributed by atoms with Gasteiger partial charge in [0, 0.05) is 23.5 Å². The summed E-state index contributed by atoms with van der Waals surface area (Å²) in [6, 6.07) is 13.0. The van der Waals surface area contributed by atoms with Crippen LogP contribution in [0.1, 0.15) is 23.1 Å². The van der Waals surface area contributed by atoms with Crippen molar-refractivity contribution in [2.75, 3.05) is 12.1 Å². The van der Waals surface area contributed by atoms with Crippen LogP contribution in [0.3, 0.4) is 0 Å². The molecule has 1 aliphatic rings. The number of aromatic nitrogens is 3. The van der Waals surface area contributed by atoms with Crippen molar-refractivity contribution in [1.29, 1.82) is 0 Å². The van der Waals surface area contributed by atoms with Gasteiger partial charge >= 0.3 is 0 Å². The zero-order valence-electron chi connectivity index (χ0n) is 15.0. The molecule has 28 heavy (non-hydrogen) atoms. The molecule has 0 saturated carbocycles. The first-order valence-electron chi connectivity index (χ1n) is 8.86. The maximum atomic E-state index is 12.8. The molecule has 3 aromatic heterocycles. The number of carbonyl (C=O) groups is 1. The molecule has 0 atom stereocenters. The lowest BCUT2D eigenvalue weighted by atomic mass is 10.2. The molecule has 5 rings (SSSR count). The van der Waals surface area contributed by atoms with Crippen molar-refractivity contribution in [3.63, 3.8) is 0 Å². The highest BCUT2D eigenvalue weighted by atomic mass is 32.1. The van der Waals surface area contributed by atoms with E-state index in [2.05, 4.69) is 15.4 Å². The summed E-state index contributed by atoms with van der Waals surface area (Å²) in [4.78, 5) is 18.4. The minimum atomic E-state index is -0.282. The van der Waals surface area contributed by atoms with Gasteiger partial charge in [-0.25, -0.2) is 9.50 Å². The van der Waals surface area contributed by atoms with E-state index in [1.54, 1.807) is 40.1 Å². The lowest BCUT2D eigenvalue weighted by molar-refractivity contribution is 0.102. The number of aryl methyl sites for hydroxylation is 1. The third kappa shape index (κ3) is 2.87. The number of thiophene rings is 1. The number of fused-ring (bicyclic) bond motifs is 2. The zero-order valence-corrected chi connectivity index (χ0v) is 15.8. The number of hydrogen-bond donors (Lipinski definition) is 1. The van der Waals surface area contributed by atoms with Gasteiger partial charge in [-0.15, -0.1) is 11.3 Å². The summed E-state index contributed by atoms with van der Waals surface area (Å²) in [5.74, 6) is 1.01. The highest BCUT2D eigenvalue weighted by molar-refractivity contribution is 7.13. The van der Waals surface area contributed by atoms with Gasteiger partial charge in [0.1, 0.15) is 11.4 Å². The molecule has 0 saturated heterocycles. The molecular formula is C20H16N4O3S. The molecule has 1 aliphatic heterocycles. The van der Waals surface area contributed by atoms with E-state index in [-0.39, 0.29) is 12.7 Å². The smallest absolute Gasteiger partial charge is 0.274 e. The van der Waals surface area contributed by atoms with Crippen LogP contribution >= 0.6 is 11.3 Å². The van der Waals surface area contributed by atoms with Crippen molar-refractivity contribution < 1.29 is 14.3 Å².